The van der Waals surface area contributed by atoms with Crippen molar-refractivity contribution in [2.75, 3.05) is 33.1 Å². The first kappa shape index (κ1) is 13.0. The van der Waals surface area contributed by atoms with Gasteiger partial charge in [0.2, 0.25) is 0 Å². The van der Waals surface area contributed by atoms with Crippen LogP contribution in [0, 0.1) is 10.1 Å². The van der Waals surface area contributed by atoms with Crippen LogP contribution in [0.4, 0.5) is 11.4 Å². The van der Waals surface area contributed by atoms with E-state index in [1.165, 1.54) is 17.0 Å². The van der Waals surface area contributed by atoms with Crippen LogP contribution < -0.4 is 4.90 Å². The maximum Gasteiger partial charge on any atom is 0.282 e. The van der Waals surface area contributed by atoms with Gasteiger partial charge in [0, 0.05) is 39.9 Å². The molecule has 0 unspecified atom stereocenters. The topological polar surface area (TPSA) is 66.7 Å². The van der Waals surface area contributed by atoms with Crippen LogP contribution >= 0.6 is 0 Å². The second kappa shape index (κ2) is 4.82. The molecule has 1 amide bonds. The summed E-state index contributed by atoms with van der Waals surface area (Å²) >= 11 is 0. The SMILES string of the molecule is CN(C)C(=O)c1cc(N(C)C)ccc1[N+](=O)[O-]. The number of rotatable bonds is 3. The Kier molecular flexibility index (Phi) is 3.67. The van der Waals surface area contributed by atoms with E-state index in [0.29, 0.717) is 0 Å². The lowest BCUT2D eigenvalue weighted by Gasteiger charge is -2.15. The van der Waals surface area contributed by atoms with Gasteiger partial charge in [0.15, 0.2) is 0 Å². The summed E-state index contributed by atoms with van der Waals surface area (Å²) in [6.45, 7) is 0. The summed E-state index contributed by atoms with van der Waals surface area (Å²) in [6.07, 6.45) is 0. The van der Waals surface area contributed by atoms with Gasteiger partial charge in [-0.3, -0.25) is 14.9 Å². The van der Waals surface area contributed by atoms with Crippen LogP contribution in [-0.4, -0.2) is 43.9 Å². The highest BCUT2D eigenvalue weighted by atomic mass is 16.6. The molecule has 0 saturated heterocycles. The summed E-state index contributed by atoms with van der Waals surface area (Å²) in [4.78, 5) is 25.3. The molecule has 0 N–H and O–H groups in total. The van der Waals surface area contributed by atoms with E-state index >= 15 is 0 Å². The summed E-state index contributed by atoms with van der Waals surface area (Å²) in [7, 11) is 6.75. The van der Waals surface area contributed by atoms with Crippen molar-refractivity contribution in [1.82, 2.24) is 4.90 Å². The van der Waals surface area contributed by atoms with Crippen molar-refractivity contribution in [2.24, 2.45) is 0 Å². The normalized spacial score (nSPS) is 9.88. The number of hydrogen-bond acceptors (Lipinski definition) is 4. The van der Waals surface area contributed by atoms with Crippen LogP contribution in [0.15, 0.2) is 18.2 Å². The van der Waals surface area contributed by atoms with Crippen molar-refractivity contribution in [3.8, 4) is 0 Å². The Morgan fingerprint density at radius 1 is 1.24 bits per heavy atom. The van der Waals surface area contributed by atoms with E-state index < -0.39 is 4.92 Å². The lowest BCUT2D eigenvalue weighted by Crippen LogP contribution is -2.23. The minimum Gasteiger partial charge on any atom is -0.378 e. The molecule has 6 heteroatoms. The molecule has 0 heterocycles. The van der Waals surface area contributed by atoms with Gasteiger partial charge in [-0.15, -0.1) is 0 Å². The molecule has 0 fully saturated rings. The largest absolute Gasteiger partial charge is 0.378 e. The highest BCUT2D eigenvalue weighted by molar-refractivity contribution is 5.98. The number of nitrogens with zero attached hydrogens (tertiary/aromatic N) is 3. The molecule has 1 aromatic carbocycles. The predicted octanol–water partition coefficient (Wildman–Crippen LogP) is 1.36. The van der Waals surface area contributed by atoms with Gasteiger partial charge in [-0.2, -0.15) is 0 Å². The van der Waals surface area contributed by atoms with E-state index in [9.17, 15) is 14.9 Å². The third kappa shape index (κ3) is 2.72. The molecular formula is C11H15N3O3. The highest BCUT2D eigenvalue weighted by Gasteiger charge is 2.22. The Balaban J connectivity index is 3.35. The van der Waals surface area contributed by atoms with E-state index in [1.54, 1.807) is 25.1 Å². The molecule has 0 aliphatic rings. The molecule has 0 aliphatic carbocycles. The molecule has 0 spiro atoms. The predicted molar refractivity (Wildman–Crippen MR) is 65.4 cm³/mol. The van der Waals surface area contributed by atoms with E-state index in [-0.39, 0.29) is 17.2 Å². The number of nitro benzene ring substituents is 1. The number of benzene rings is 1. The monoisotopic (exact) mass is 237 g/mol. The molecular weight excluding hydrogens is 222 g/mol. The van der Waals surface area contributed by atoms with Crippen LogP contribution in [0.5, 0.6) is 0 Å². The molecule has 1 aromatic rings. The average molecular weight is 237 g/mol. The van der Waals surface area contributed by atoms with Gasteiger partial charge in [0.05, 0.1) is 4.92 Å². The second-order valence-electron chi connectivity index (χ2n) is 4.05. The van der Waals surface area contributed by atoms with Crippen molar-refractivity contribution in [3.63, 3.8) is 0 Å². The fourth-order valence-corrected chi connectivity index (χ4v) is 1.37. The molecule has 17 heavy (non-hydrogen) atoms. The van der Waals surface area contributed by atoms with Gasteiger partial charge in [-0.05, 0) is 12.1 Å². The first-order chi connectivity index (χ1) is 7.84. The summed E-state index contributed by atoms with van der Waals surface area (Å²) in [5, 5.41) is 10.9. The molecule has 0 aromatic heterocycles. The van der Waals surface area contributed by atoms with E-state index in [0.717, 1.165) is 5.69 Å². The smallest absolute Gasteiger partial charge is 0.282 e. The fourth-order valence-electron chi connectivity index (χ4n) is 1.37. The highest BCUT2D eigenvalue weighted by Crippen LogP contribution is 2.24. The van der Waals surface area contributed by atoms with Crippen molar-refractivity contribution in [3.05, 3.63) is 33.9 Å². The number of nitro groups is 1. The Morgan fingerprint density at radius 2 is 1.82 bits per heavy atom. The molecule has 0 saturated carbocycles. The standard InChI is InChI=1S/C11H15N3O3/c1-12(2)8-5-6-10(14(16)17)9(7-8)11(15)13(3)4/h5-7H,1-4H3. The molecule has 0 bridgehead atoms. The number of carbonyl (C=O) groups excluding carboxylic acids is 1. The first-order valence-corrected chi connectivity index (χ1v) is 5.02. The fraction of sp³-hybridized carbons (Fsp3) is 0.364. The van der Waals surface area contributed by atoms with Crippen LogP contribution in [0.25, 0.3) is 0 Å². The molecule has 6 nitrogen and oxygen atoms in total. The van der Waals surface area contributed by atoms with E-state index in [1.807, 2.05) is 14.1 Å². The zero-order valence-electron chi connectivity index (χ0n) is 10.3. The maximum absolute atomic E-state index is 11.8. The summed E-state index contributed by atoms with van der Waals surface area (Å²) in [5.41, 5.74) is 0.682. The summed E-state index contributed by atoms with van der Waals surface area (Å²) in [6, 6.07) is 4.50. The molecule has 92 valence electrons. The second-order valence-corrected chi connectivity index (χ2v) is 4.05. The Labute approximate surface area is 99.6 Å². The lowest BCUT2D eigenvalue weighted by molar-refractivity contribution is -0.385. The molecule has 0 radical (unpaired) electrons. The number of amides is 1. The minimum atomic E-state index is -0.545. The van der Waals surface area contributed by atoms with Gasteiger partial charge in [-0.25, -0.2) is 0 Å². The molecule has 0 aliphatic heterocycles. The van der Waals surface area contributed by atoms with Crippen LogP contribution in [0.3, 0.4) is 0 Å². The Hall–Kier alpha value is -2.11. The first-order valence-electron chi connectivity index (χ1n) is 5.02. The Bertz CT molecular complexity index is 455. The third-order valence-electron chi connectivity index (χ3n) is 2.33. The third-order valence-corrected chi connectivity index (χ3v) is 2.33. The minimum absolute atomic E-state index is 0.103. The summed E-state index contributed by atoms with van der Waals surface area (Å²) < 4.78 is 0. The van der Waals surface area contributed by atoms with Gasteiger partial charge >= 0.3 is 0 Å². The molecule has 0 atom stereocenters. The van der Waals surface area contributed by atoms with Gasteiger partial charge in [-0.1, -0.05) is 0 Å². The van der Waals surface area contributed by atoms with Gasteiger partial charge in [0.25, 0.3) is 11.6 Å². The number of carbonyl (C=O) groups is 1. The Morgan fingerprint density at radius 3 is 2.24 bits per heavy atom. The average Bonchev–Trinajstić information content (AvgIpc) is 2.26. The van der Waals surface area contributed by atoms with Crippen molar-refractivity contribution >= 4 is 17.3 Å². The molecule has 1 rings (SSSR count). The van der Waals surface area contributed by atoms with E-state index in [2.05, 4.69) is 0 Å². The van der Waals surface area contributed by atoms with E-state index in [4.69, 9.17) is 0 Å². The van der Waals surface area contributed by atoms with Gasteiger partial charge in [0.1, 0.15) is 5.56 Å². The lowest BCUT2D eigenvalue weighted by atomic mass is 10.1. The number of anilines is 1. The van der Waals surface area contributed by atoms with Crippen LogP contribution in [0.1, 0.15) is 10.4 Å². The summed E-state index contributed by atoms with van der Waals surface area (Å²) in [5.74, 6) is -0.375. The van der Waals surface area contributed by atoms with Gasteiger partial charge < -0.3 is 9.80 Å². The quantitative estimate of drug-likeness (QED) is 0.588. The zero-order chi connectivity index (χ0) is 13.2. The van der Waals surface area contributed by atoms with Crippen LogP contribution in [0.2, 0.25) is 0 Å². The van der Waals surface area contributed by atoms with Crippen molar-refractivity contribution in [1.29, 1.82) is 0 Å². The van der Waals surface area contributed by atoms with Crippen molar-refractivity contribution < 1.29 is 9.72 Å². The number of hydrogen-bond donors (Lipinski definition) is 0. The zero-order valence-corrected chi connectivity index (χ0v) is 10.3. The van der Waals surface area contributed by atoms with Crippen molar-refractivity contribution in [2.45, 2.75) is 0 Å². The van der Waals surface area contributed by atoms with Crippen LogP contribution in [-0.2, 0) is 0 Å². The maximum atomic E-state index is 11.8.